The van der Waals surface area contributed by atoms with E-state index in [1.165, 1.54) is 36.0 Å². The van der Waals surface area contributed by atoms with Crippen molar-refractivity contribution < 1.29 is 0 Å². The molecular formula is C16H17N. The molecule has 0 saturated carbocycles. The minimum atomic E-state index is 0.684. The second kappa shape index (κ2) is 4.70. The molecule has 2 aromatic rings. The number of aryl methyl sites for hydroxylation is 1. The standard InChI is InChI=1S/C16H17N/c1-2-5-13(6-3-1)11-14-7-4-8-15-12-17-10-9-16(14)15/h1-3,5-6,9-10,12,14H,4,7-8,11H2. The van der Waals surface area contributed by atoms with Gasteiger partial charge < -0.3 is 0 Å². The minimum absolute atomic E-state index is 0.684. The quantitative estimate of drug-likeness (QED) is 0.755. The fraction of sp³-hybridized carbons (Fsp3) is 0.312. The van der Waals surface area contributed by atoms with Crippen molar-refractivity contribution in [1.82, 2.24) is 4.98 Å². The van der Waals surface area contributed by atoms with Crippen LogP contribution in [0.2, 0.25) is 0 Å². The molecule has 1 aliphatic carbocycles. The molecule has 0 amide bonds. The van der Waals surface area contributed by atoms with Crippen LogP contribution in [0.15, 0.2) is 48.8 Å². The molecule has 3 rings (SSSR count). The summed E-state index contributed by atoms with van der Waals surface area (Å²) in [6.45, 7) is 0. The van der Waals surface area contributed by atoms with Crippen molar-refractivity contribution >= 4 is 0 Å². The van der Waals surface area contributed by atoms with Crippen molar-refractivity contribution in [2.24, 2.45) is 0 Å². The first kappa shape index (κ1) is 10.5. The lowest BCUT2D eigenvalue weighted by atomic mass is 9.80. The highest BCUT2D eigenvalue weighted by atomic mass is 14.6. The summed E-state index contributed by atoms with van der Waals surface area (Å²) in [6.07, 6.45) is 8.96. The number of hydrogen-bond donors (Lipinski definition) is 0. The van der Waals surface area contributed by atoms with Gasteiger partial charge in [-0.2, -0.15) is 0 Å². The summed E-state index contributed by atoms with van der Waals surface area (Å²) in [5, 5.41) is 0. The summed E-state index contributed by atoms with van der Waals surface area (Å²) in [7, 11) is 0. The Morgan fingerprint density at radius 2 is 2.00 bits per heavy atom. The highest BCUT2D eigenvalue weighted by Crippen LogP contribution is 2.33. The van der Waals surface area contributed by atoms with Gasteiger partial charge in [0.1, 0.15) is 0 Å². The molecule has 1 aliphatic rings. The fourth-order valence-corrected chi connectivity index (χ4v) is 2.85. The van der Waals surface area contributed by atoms with Gasteiger partial charge in [0.25, 0.3) is 0 Å². The third-order valence-corrected chi connectivity index (χ3v) is 3.70. The SMILES string of the molecule is c1ccc(CC2CCCc3cnccc32)cc1. The van der Waals surface area contributed by atoms with E-state index in [1.54, 1.807) is 0 Å². The van der Waals surface area contributed by atoms with Crippen molar-refractivity contribution in [3.8, 4) is 0 Å². The third-order valence-electron chi connectivity index (χ3n) is 3.70. The summed E-state index contributed by atoms with van der Waals surface area (Å²) in [6, 6.07) is 13.0. The Bertz CT molecular complexity index is 490. The molecule has 1 heterocycles. The molecule has 0 N–H and O–H groups in total. The minimum Gasteiger partial charge on any atom is -0.264 e. The summed E-state index contributed by atoms with van der Waals surface area (Å²) in [5.74, 6) is 0.684. The van der Waals surface area contributed by atoms with Crippen molar-refractivity contribution in [3.63, 3.8) is 0 Å². The van der Waals surface area contributed by atoms with Crippen LogP contribution in [-0.2, 0) is 12.8 Å². The first-order valence-electron chi connectivity index (χ1n) is 6.40. The van der Waals surface area contributed by atoms with Crippen molar-refractivity contribution in [2.45, 2.75) is 31.6 Å². The lowest BCUT2D eigenvalue weighted by molar-refractivity contribution is 0.549. The van der Waals surface area contributed by atoms with E-state index in [2.05, 4.69) is 41.4 Å². The predicted molar refractivity (Wildman–Crippen MR) is 70.1 cm³/mol. The van der Waals surface area contributed by atoms with Crippen LogP contribution >= 0.6 is 0 Å². The maximum Gasteiger partial charge on any atom is 0.0302 e. The number of fused-ring (bicyclic) bond motifs is 1. The summed E-state index contributed by atoms with van der Waals surface area (Å²) >= 11 is 0. The smallest absolute Gasteiger partial charge is 0.0302 e. The largest absolute Gasteiger partial charge is 0.264 e. The van der Waals surface area contributed by atoms with Gasteiger partial charge in [0.05, 0.1) is 0 Å². The van der Waals surface area contributed by atoms with Crippen LogP contribution in [0.25, 0.3) is 0 Å². The van der Waals surface area contributed by atoms with E-state index in [-0.39, 0.29) is 0 Å². The zero-order valence-electron chi connectivity index (χ0n) is 9.97. The van der Waals surface area contributed by atoms with E-state index in [4.69, 9.17) is 0 Å². The van der Waals surface area contributed by atoms with Crippen molar-refractivity contribution in [1.29, 1.82) is 0 Å². The molecular weight excluding hydrogens is 206 g/mol. The first-order valence-corrected chi connectivity index (χ1v) is 6.40. The zero-order chi connectivity index (χ0) is 11.5. The van der Waals surface area contributed by atoms with E-state index in [9.17, 15) is 0 Å². The lowest BCUT2D eigenvalue weighted by Crippen LogP contribution is -2.12. The highest BCUT2D eigenvalue weighted by molar-refractivity contribution is 5.31. The summed E-state index contributed by atoms with van der Waals surface area (Å²) in [4.78, 5) is 4.24. The van der Waals surface area contributed by atoms with E-state index in [0.717, 1.165) is 6.42 Å². The van der Waals surface area contributed by atoms with Gasteiger partial charge in [-0.15, -0.1) is 0 Å². The highest BCUT2D eigenvalue weighted by Gasteiger charge is 2.19. The van der Waals surface area contributed by atoms with Gasteiger partial charge in [-0.25, -0.2) is 0 Å². The number of benzene rings is 1. The van der Waals surface area contributed by atoms with Gasteiger partial charge in [0.2, 0.25) is 0 Å². The Balaban J connectivity index is 1.86. The topological polar surface area (TPSA) is 12.9 Å². The Morgan fingerprint density at radius 1 is 1.12 bits per heavy atom. The molecule has 1 heteroatoms. The van der Waals surface area contributed by atoms with E-state index in [0.29, 0.717) is 5.92 Å². The van der Waals surface area contributed by atoms with Crippen LogP contribution in [0.3, 0.4) is 0 Å². The second-order valence-electron chi connectivity index (χ2n) is 4.85. The van der Waals surface area contributed by atoms with E-state index >= 15 is 0 Å². The average Bonchev–Trinajstić information content (AvgIpc) is 2.40. The molecule has 1 aromatic heterocycles. The van der Waals surface area contributed by atoms with E-state index in [1.807, 2.05) is 12.4 Å². The predicted octanol–water partition coefficient (Wildman–Crippen LogP) is 3.74. The first-order chi connectivity index (χ1) is 8.43. The fourth-order valence-electron chi connectivity index (χ4n) is 2.85. The molecule has 0 fully saturated rings. The van der Waals surface area contributed by atoms with Crippen LogP contribution in [0.4, 0.5) is 0 Å². The molecule has 1 atom stereocenters. The van der Waals surface area contributed by atoms with Crippen LogP contribution in [0.1, 0.15) is 35.4 Å². The van der Waals surface area contributed by atoms with Crippen LogP contribution in [0.5, 0.6) is 0 Å². The molecule has 1 aromatic carbocycles. The Labute approximate surface area is 103 Å². The Kier molecular flexibility index (Phi) is 2.91. The van der Waals surface area contributed by atoms with Crippen LogP contribution < -0.4 is 0 Å². The molecule has 0 radical (unpaired) electrons. The van der Waals surface area contributed by atoms with Crippen molar-refractivity contribution in [3.05, 3.63) is 65.5 Å². The van der Waals surface area contributed by atoms with Crippen molar-refractivity contribution in [2.75, 3.05) is 0 Å². The molecule has 86 valence electrons. The monoisotopic (exact) mass is 223 g/mol. The zero-order valence-corrected chi connectivity index (χ0v) is 9.97. The Hall–Kier alpha value is -1.63. The van der Waals surface area contributed by atoms with Gasteiger partial charge in [0, 0.05) is 12.4 Å². The van der Waals surface area contributed by atoms with Gasteiger partial charge in [-0.05, 0) is 54.4 Å². The molecule has 1 unspecified atom stereocenters. The van der Waals surface area contributed by atoms with E-state index < -0.39 is 0 Å². The van der Waals surface area contributed by atoms with Gasteiger partial charge >= 0.3 is 0 Å². The normalized spacial score (nSPS) is 18.7. The molecule has 0 aliphatic heterocycles. The third kappa shape index (κ3) is 2.23. The maximum atomic E-state index is 4.24. The molecule has 0 spiro atoms. The number of aromatic nitrogens is 1. The van der Waals surface area contributed by atoms with Crippen LogP contribution in [-0.4, -0.2) is 4.98 Å². The van der Waals surface area contributed by atoms with Gasteiger partial charge in [-0.1, -0.05) is 30.3 Å². The molecule has 0 saturated heterocycles. The molecule has 17 heavy (non-hydrogen) atoms. The van der Waals surface area contributed by atoms with Gasteiger partial charge in [0.15, 0.2) is 0 Å². The van der Waals surface area contributed by atoms with Crippen LogP contribution in [0, 0.1) is 0 Å². The Morgan fingerprint density at radius 3 is 2.88 bits per heavy atom. The number of hydrogen-bond acceptors (Lipinski definition) is 1. The summed E-state index contributed by atoms with van der Waals surface area (Å²) in [5.41, 5.74) is 4.43. The lowest BCUT2D eigenvalue weighted by Gasteiger charge is -2.25. The number of rotatable bonds is 2. The average molecular weight is 223 g/mol. The molecule has 0 bridgehead atoms. The number of nitrogens with zero attached hydrogens (tertiary/aromatic N) is 1. The second-order valence-corrected chi connectivity index (χ2v) is 4.85. The number of pyridine rings is 1. The molecule has 1 nitrogen and oxygen atoms in total. The van der Waals surface area contributed by atoms with Gasteiger partial charge in [-0.3, -0.25) is 4.98 Å². The maximum absolute atomic E-state index is 4.24. The summed E-state index contributed by atoms with van der Waals surface area (Å²) < 4.78 is 0.